The van der Waals surface area contributed by atoms with Crippen molar-refractivity contribution in [3.05, 3.63) is 11.8 Å². The van der Waals surface area contributed by atoms with E-state index in [9.17, 15) is 0 Å². The first-order valence-corrected chi connectivity index (χ1v) is 6.42. The van der Waals surface area contributed by atoms with Crippen LogP contribution in [0.1, 0.15) is 39.2 Å². The van der Waals surface area contributed by atoms with Crippen molar-refractivity contribution >= 4 is 5.82 Å². The molecule has 1 atom stereocenters. The van der Waals surface area contributed by atoms with Gasteiger partial charge in [0.25, 0.3) is 0 Å². The Balaban J connectivity index is 2.33. The lowest BCUT2D eigenvalue weighted by molar-refractivity contribution is 0.491. The van der Waals surface area contributed by atoms with Crippen LogP contribution in [0, 0.1) is 0 Å². The predicted molar refractivity (Wildman–Crippen MR) is 71.3 cm³/mol. The van der Waals surface area contributed by atoms with Crippen molar-refractivity contribution in [1.82, 2.24) is 9.78 Å². The highest BCUT2D eigenvalue weighted by molar-refractivity contribution is 5.50. The van der Waals surface area contributed by atoms with Gasteiger partial charge >= 0.3 is 0 Å². The number of anilines is 1. The molecular formula is C13H24N4. The summed E-state index contributed by atoms with van der Waals surface area (Å²) in [6.45, 7) is 8.74. The average molecular weight is 236 g/mol. The van der Waals surface area contributed by atoms with E-state index >= 15 is 0 Å². The minimum Gasteiger partial charge on any atom is -0.355 e. The van der Waals surface area contributed by atoms with Gasteiger partial charge < -0.3 is 10.6 Å². The molecule has 2 N–H and O–H groups in total. The van der Waals surface area contributed by atoms with E-state index < -0.39 is 0 Å². The van der Waals surface area contributed by atoms with E-state index in [1.807, 2.05) is 17.9 Å². The SMILES string of the molecule is Cn1ncc(C(C)(C)C)c1N1CCCC(N)C1. The maximum absolute atomic E-state index is 6.07. The number of hydrogen-bond acceptors (Lipinski definition) is 3. The van der Waals surface area contributed by atoms with E-state index in [0.29, 0.717) is 6.04 Å². The summed E-state index contributed by atoms with van der Waals surface area (Å²) in [6, 6.07) is 0.298. The van der Waals surface area contributed by atoms with E-state index in [4.69, 9.17) is 5.73 Å². The van der Waals surface area contributed by atoms with Gasteiger partial charge in [0.05, 0.1) is 6.20 Å². The van der Waals surface area contributed by atoms with Gasteiger partial charge in [-0.25, -0.2) is 0 Å². The van der Waals surface area contributed by atoms with E-state index in [1.54, 1.807) is 0 Å². The summed E-state index contributed by atoms with van der Waals surface area (Å²) in [4.78, 5) is 2.39. The van der Waals surface area contributed by atoms with Crippen LogP contribution in [0.15, 0.2) is 6.20 Å². The van der Waals surface area contributed by atoms with Gasteiger partial charge in [-0.1, -0.05) is 20.8 Å². The lowest BCUT2D eigenvalue weighted by atomic mass is 9.88. The number of hydrogen-bond donors (Lipinski definition) is 1. The summed E-state index contributed by atoms with van der Waals surface area (Å²) in [7, 11) is 2.02. The molecule has 1 aliphatic rings. The third-order valence-corrected chi connectivity index (χ3v) is 3.47. The molecule has 96 valence electrons. The van der Waals surface area contributed by atoms with Gasteiger partial charge in [-0.2, -0.15) is 5.10 Å². The minimum absolute atomic E-state index is 0.130. The van der Waals surface area contributed by atoms with Crippen LogP contribution in [0.3, 0.4) is 0 Å². The first-order valence-electron chi connectivity index (χ1n) is 6.42. The molecule has 1 fully saturated rings. The molecule has 4 heteroatoms. The van der Waals surface area contributed by atoms with E-state index in [0.717, 1.165) is 19.5 Å². The first kappa shape index (κ1) is 12.4. The van der Waals surface area contributed by atoms with Crippen molar-refractivity contribution in [1.29, 1.82) is 0 Å². The van der Waals surface area contributed by atoms with Gasteiger partial charge in [0.15, 0.2) is 0 Å². The van der Waals surface area contributed by atoms with Gasteiger partial charge in [0.1, 0.15) is 5.82 Å². The number of aromatic nitrogens is 2. The lowest BCUT2D eigenvalue weighted by Crippen LogP contribution is -2.44. The first-order chi connectivity index (χ1) is 7.89. The molecule has 1 aromatic heterocycles. The Morgan fingerprint density at radius 2 is 2.12 bits per heavy atom. The molecule has 0 amide bonds. The molecule has 0 radical (unpaired) electrons. The van der Waals surface area contributed by atoms with Crippen LogP contribution in [-0.4, -0.2) is 28.9 Å². The topological polar surface area (TPSA) is 47.1 Å². The van der Waals surface area contributed by atoms with Gasteiger partial charge in [0.2, 0.25) is 0 Å². The average Bonchev–Trinajstić information content (AvgIpc) is 2.59. The van der Waals surface area contributed by atoms with Gasteiger partial charge in [-0.15, -0.1) is 0 Å². The summed E-state index contributed by atoms with van der Waals surface area (Å²) in [5, 5.41) is 4.42. The summed E-state index contributed by atoms with van der Waals surface area (Å²) >= 11 is 0. The van der Waals surface area contributed by atoms with Gasteiger partial charge in [-0.3, -0.25) is 4.68 Å². The van der Waals surface area contributed by atoms with Crippen LogP contribution in [0.5, 0.6) is 0 Å². The molecule has 0 aromatic carbocycles. The highest BCUT2D eigenvalue weighted by Gasteiger charge is 2.27. The fourth-order valence-electron chi connectivity index (χ4n) is 2.54. The van der Waals surface area contributed by atoms with Crippen molar-refractivity contribution in [2.75, 3.05) is 18.0 Å². The van der Waals surface area contributed by atoms with Crippen LogP contribution in [-0.2, 0) is 12.5 Å². The number of rotatable bonds is 1. The molecule has 1 saturated heterocycles. The molecule has 17 heavy (non-hydrogen) atoms. The number of piperidine rings is 1. The molecule has 2 rings (SSSR count). The van der Waals surface area contributed by atoms with Crippen LogP contribution in [0.4, 0.5) is 5.82 Å². The minimum atomic E-state index is 0.130. The van der Waals surface area contributed by atoms with Crippen molar-refractivity contribution in [2.45, 2.75) is 45.1 Å². The van der Waals surface area contributed by atoms with Gasteiger partial charge in [0, 0.05) is 31.7 Å². The zero-order chi connectivity index (χ0) is 12.6. The molecular weight excluding hydrogens is 212 g/mol. The number of nitrogens with zero attached hydrogens (tertiary/aromatic N) is 3. The monoisotopic (exact) mass is 236 g/mol. The molecule has 1 unspecified atom stereocenters. The quantitative estimate of drug-likeness (QED) is 0.806. The van der Waals surface area contributed by atoms with Crippen molar-refractivity contribution in [2.24, 2.45) is 12.8 Å². The molecule has 2 heterocycles. The molecule has 0 aliphatic carbocycles. The summed E-state index contributed by atoms with van der Waals surface area (Å²) in [5.41, 5.74) is 7.51. The van der Waals surface area contributed by atoms with E-state index in [1.165, 1.54) is 17.8 Å². The highest BCUT2D eigenvalue weighted by Crippen LogP contribution is 2.32. The second-order valence-corrected chi connectivity index (χ2v) is 6.10. The lowest BCUT2D eigenvalue weighted by Gasteiger charge is -2.34. The third-order valence-electron chi connectivity index (χ3n) is 3.47. The summed E-state index contributed by atoms with van der Waals surface area (Å²) in [6.07, 6.45) is 4.31. The standard InChI is InChI=1S/C13H24N4/c1-13(2,3)11-8-15-16(4)12(11)17-7-5-6-10(14)9-17/h8,10H,5-7,9,14H2,1-4H3. The van der Waals surface area contributed by atoms with Crippen LogP contribution < -0.4 is 10.6 Å². The Labute approximate surface area is 104 Å². The fourth-order valence-corrected chi connectivity index (χ4v) is 2.54. The second kappa shape index (κ2) is 4.33. The molecule has 0 spiro atoms. The highest BCUT2D eigenvalue weighted by atomic mass is 15.4. The van der Waals surface area contributed by atoms with Crippen LogP contribution in [0.25, 0.3) is 0 Å². The number of aryl methyl sites for hydroxylation is 1. The summed E-state index contributed by atoms with van der Waals surface area (Å²) < 4.78 is 1.98. The fraction of sp³-hybridized carbons (Fsp3) is 0.769. The van der Waals surface area contributed by atoms with Crippen molar-refractivity contribution < 1.29 is 0 Å². The molecule has 1 aromatic rings. The Hall–Kier alpha value is -1.03. The van der Waals surface area contributed by atoms with E-state index in [2.05, 4.69) is 30.8 Å². The second-order valence-electron chi connectivity index (χ2n) is 6.10. The zero-order valence-electron chi connectivity index (χ0n) is 11.4. The Morgan fingerprint density at radius 1 is 1.41 bits per heavy atom. The van der Waals surface area contributed by atoms with Crippen molar-refractivity contribution in [3.63, 3.8) is 0 Å². The molecule has 0 bridgehead atoms. The normalized spacial score (nSPS) is 21.9. The zero-order valence-corrected chi connectivity index (χ0v) is 11.4. The van der Waals surface area contributed by atoms with Crippen LogP contribution in [0.2, 0.25) is 0 Å². The smallest absolute Gasteiger partial charge is 0.130 e. The Morgan fingerprint density at radius 3 is 2.71 bits per heavy atom. The summed E-state index contributed by atoms with van der Waals surface area (Å²) in [5.74, 6) is 1.24. The third kappa shape index (κ3) is 2.46. The Bertz CT molecular complexity index is 389. The largest absolute Gasteiger partial charge is 0.355 e. The Kier molecular flexibility index (Phi) is 3.17. The predicted octanol–water partition coefficient (Wildman–Crippen LogP) is 1.65. The van der Waals surface area contributed by atoms with E-state index in [-0.39, 0.29) is 5.41 Å². The molecule has 0 saturated carbocycles. The maximum Gasteiger partial charge on any atom is 0.130 e. The van der Waals surface area contributed by atoms with Crippen LogP contribution >= 0.6 is 0 Å². The number of nitrogens with two attached hydrogens (primary N) is 1. The molecule has 1 aliphatic heterocycles. The maximum atomic E-state index is 6.07. The molecule has 4 nitrogen and oxygen atoms in total. The van der Waals surface area contributed by atoms with Crippen molar-refractivity contribution in [3.8, 4) is 0 Å². The van der Waals surface area contributed by atoms with Gasteiger partial charge in [-0.05, 0) is 18.3 Å².